The number of hydrogen-bond donors (Lipinski definition) is 0. The van der Waals surface area contributed by atoms with E-state index in [0.717, 1.165) is 11.1 Å². The zero-order chi connectivity index (χ0) is 5.86. The Labute approximate surface area is 2430 Å². The molecule has 76 heteroatoms. The van der Waals surface area contributed by atoms with Crippen LogP contribution in [0, 0.1) is 12.7 Å². The van der Waals surface area contributed by atoms with Gasteiger partial charge in [0.25, 0.3) is 0 Å². The van der Waals surface area contributed by atoms with E-state index in [-0.39, 0.29) is 2490 Å². The maximum Gasteiger partial charge on any atom is 0 e. The Bertz CT molecular complexity index is 131. The zero-order valence-electron chi connectivity index (χ0n) is 49.0. The molecule has 0 aromatic heterocycles. The van der Waals surface area contributed by atoms with Crippen LogP contribution in [0.3, 0.4) is 0 Å². The first-order valence-electron chi connectivity index (χ1n) is 2.29. The molecule has 0 saturated carbocycles. The molecule has 0 unspecified atom stereocenters. The zero-order valence-corrected chi connectivity index (χ0v) is 265. The molecule has 0 heterocycles. The molecule has 0 aromatic carbocycles. The van der Waals surface area contributed by atoms with Gasteiger partial charge < -0.3 is 23.8 Å². The summed E-state index contributed by atoms with van der Waals surface area (Å²) in [5.41, 5.74) is 1.89. The van der Waals surface area contributed by atoms with Crippen LogP contribution < -0.4 is 0 Å². The first kappa shape index (κ1) is 570. The molecule has 0 aliphatic rings. The van der Waals surface area contributed by atoms with Crippen molar-refractivity contribution in [2.45, 2.75) is 20.8 Å². The Kier molecular flexibility index (Phi) is 3750. The molecule has 0 aromatic rings. The van der Waals surface area contributed by atoms with Gasteiger partial charge in [0.15, 0.2) is 0 Å². The van der Waals surface area contributed by atoms with Gasteiger partial charge in [-0.25, -0.2) is 0 Å². The van der Waals surface area contributed by atoms with Gasteiger partial charge in [-0.3, -0.25) is 0 Å². The Morgan fingerprint density at radius 2 is 0.169 bits per heavy atom. The van der Waals surface area contributed by atoms with Crippen molar-refractivity contribution in [3.05, 3.63) is 23.8 Å². The molecule has 0 saturated heterocycles. The first-order valence-corrected chi connectivity index (χ1v) is 2.29. The fourth-order valence-electron chi connectivity index (χ4n) is 0.197. The van der Waals surface area contributed by atoms with Gasteiger partial charge in [-0.15, -0.1) is 20.8 Å². The molecule has 0 atom stereocenters. The van der Waals surface area contributed by atoms with E-state index in [1.54, 1.807) is 0 Å². The van der Waals surface area contributed by atoms with Crippen LogP contribution in [0.15, 0.2) is 11.1 Å². The average Bonchev–Trinajstić information content (AvgIpc) is 1.65. The normalized spacial score (nSPS) is 0.976. The number of allylic oxidation sites excluding steroid dienone is 3. The fourth-order valence-corrected chi connectivity index (χ4v) is 0.197. The van der Waals surface area contributed by atoms with Crippen molar-refractivity contribution in [1.82, 2.24) is 0 Å². The third-order valence-electron chi connectivity index (χ3n) is 0.967. The van der Waals surface area contributed by atoms with Crippen LogP contribution in [0.5, 0.6) is 0 Å². The van der Waals surface area contributed by atoms with Crippen LogP contribution in [0.25, 0.3) is 0 Å². The van der Waals surface area contributed by atoms with E-state index in [2.05, 4.69) is 6.08 Å². The van der Waals surface area contributed by atoms with Gasteiger partial charge in [0.2, 0.25) is 0 Å². The molecule has 0 nitrogen and oxygen atoms in total. The van der Waals surface area contributed by atoms with Crippen LogP contribution in [0.2, 0.25) is 0 Å². The van der Waals surface area contributed by atoms with Gasteiger partial charge in [0.05, 0.1) is 0 Å². The number of hydrogen-bond acceptors (Lipinski definition) is 0. The van der Waals surface area contributed by atoms with Crippen molar-refractivity contribution >= 4 is 0 Å². The summed E-state index contributed by atoms with van der Waals surface area (Å²) in [5.74, 6) is 0. The molecule has 83 heavy (non-hydrogen) atoms. The maximum atomic E-state index is 5.36. The fraction of sp³-hybridized carbons (Fsp3) is 0.429. The molecule has 0 rings (SSSR count). The summed E-state index contributed by atoms with van der Waals surface area (Å²) >= 11 is 0. The third-order valence-corrected chi connectivity index (χ3v) is 0.967. The Hall–Kier alpha value is 83.4. The van der Waals surface area contributed by atoms with Gasteiger partial charge in [-0.2, -0.15) is 0 Å². The minimum Gasteiger partial charge on any atom is -0.391 e. The topological polar surface area (TPSA) is 0 Å². The molecule has 0 spiro atoms. The standard InChI is InChI=1S/C7H10.76Y/c1-5-7(4)6(2)3;;;;;;;;;;;;;;;;;;;;;;;;;;;;;;;;;;;;;;;;;;;;;;;;;;;;;;;;;;;;;;;;;;;;;;;;;;;;/h2H,1,3-4H3;;;;;;;;;;;;;;;;;;;;;;;;;;;;;;;;;;;;;;;;;;;;;;;;;;;;;;;;;;;;;;;;;;;;;;;;;;;;/q-2;;;;;;;;;;;;;;;;;;;;;;;;;;;;;;;;;;;;;;;;;;;;;;;;;;;;;;;;;;;;;;;;;;;;;;;;;;;;. The maximum absolute atomic E-state index is 5.36. The molecule has 0 fully saturated rings. The summed E-state index contributed by atoms with van der Waals surface area (Å²) in [6, 6.07) is 0. The van der Waals surface area contributed by atoms with Gasteiger partial charge in [-0.1, -0.05) is 0 Å². The molecule has 0 aliphatic heterocycles. The summed E-state index contributed by atoms with van der Waals surface area (Å²) in [6.07, 6.45) is 2.92. The van der Waals surface area contributed by atoms with E-state index in [1.807, 2.05) is 20.8 Å². The van der Waals surface area contributed by atoms with Gasteiger partial charge in [0.1, 0.15) is 0 Å². The summed E-state index contributed by atoms with van der Waals surface area (Å²) < 4.78 is 0. The van der Waals surface area contributed by atoms with Crippen molar-refractivity contribution in [1.29, 1.82) is 0 Å². The predicted octanol–water partition coefficient (Wildman–Crippen LogP) is 1.95. The Morgan fingerprint density at radius 3 is 0.169 bits per heavy atom. The quantitative estimate of drug-likeness (QED) is 0.279. The summed E-state index contributed by atoms with van der Waals surface area (Å²) in [5, 5.41) is 0. The molecule has 76 radical (unpaired) electrons. The van der Waals surface area contributed by atoms with Crippen molar-refractivity contribution < 1.29 is 2490 Å². The van der Waals surface area contributed by atoms with Crippen LogP contribution in [0.1, 0.15) is 20.8 Å². The molecule has 0 N–H and O–H groups in total. The van der Waals surface area contributed by atoms with Gasteiger partial charge in [0, 0.05) is 2490 Å². The minimum absolute atomic E-state index is 0. The van der Waals surface area contributed by atoms with Crippen molar-refractivity contribution in [3.8, 4) is 0 Å². The second-order valence-electron chi connectivity index (χ2n) is 1.56. The summed E-state index contributed by atoms with van der Waals surface area (Å²) in [7, 11) is 0. The molecule has 0 amide bonds. The van der Waals surface area contributed by atoms with Crippen LogP contribution >= 0.6 is 0 Å². The van der Waals surface area contributed by atoms with E-state index in [4.69, 9.17) is 6.58 Å². The van der Waals surface area contributed by atoms with E-state index in [9.17, 15) is 0 Å². The first-order chi connectivity index (χ1) is 3.18. The van der Waals surface area contributed by atoms with E-state index in [1.165, 1.54) is 0 Å². The summed E-state index contributed by atoms with van der Waals surface area (Å²) in [6.45, 7) is 11.0. The molecular formula is C7H10Y76-2. The van der Waals surface area contributed by atoms with Crippen LogP contribution in [-0.4, -0.2) is 0 Å². The summed E-state index contributed by atoms with van der Waals surface area (Å²) in [4.78, 5) is 0. The van der Waals surface area contributed by atoms with Crippen molar-refractivity contribution in [2.24, 2.45) is 0 Å². The van der Waals surface area contributed by atoms with Crippen LogP contribution in [-0.2, 0) is 2490 Å². The largest absolute Gasteiger partial charge is 0.391 e. The second kappa shape index (κ2) is 547. The third kappa shape index (κ3) is 553. The molecule has 268 valence electrons. The van der Waals surface area contributed by atoms with E-state index < -0.39 is 0 Å². The SMILES string of the molecule is [CH-]=C(C)C(C)=[C-]C.[Y].[Y].[Y].[Y].[Y].[Y].[Y].[Y].[Y].[Y].[Y].[Y].[Y].[Y].[Y].[Y].[Y].[Y].[Y].[Y].[Y].[Y].[Y].[Y].[Y].[Y].[Y].[Y].[Y].[Y].[Y].[Y].[Y].[Y].[Y].[Y].[Y].[Y].[Y].[Y].[Y].[Y].[Y].[Y].[Y].[Y].[Y].[Y].[Y].[Y].[Y].[Y].[Y].[Y].[Y].[Y].[Y].[Y].[Y].[Y].[Y].[Y].[Y].[Y].[Y].[Y].[Y].[Y].[Y].[Y].[Y].[Y].[Y].[Y].[Y].[Y]. The van der Waals surface area contributed by atoms with Gasteiger partial charge >= 0.3 is 0 Å². The predicted molar refractivity (Wildman–Crippen MR) is 31.6 cm³/mol. The average molecular weight is 6850 g/mol. The van der Waals surface area contributed by atoms with E-state index >= 15 is 0 Å². The second-order valence-corrected chi connectivity index (χ2v) is 1.56. The van der Waals surface area contributed by atoms with Crippen LogP contribution in [0.4, 0.5) is 0 Å². The smallest absolute Gasteiger partial charge is 0 e. The van der Waals surface area contributed by atoms with Crippen molar-refractivity contribution in [2.75, 3.05) is 0 Å². The van der Waals surface area contributed by atoms with Crippen molar-refractivity contribution in [3.63, 3.8) is 0 Å². The Morgan fingerprint density at radius 1 is 0.133 bits per heavy atom. The van der Waals surface area contributed by atoms with E-state index in [0.29, 0.717) is 0 Å². The molecule has 0 bridgehead atoms. The molecular weight excluding hydrogens is 6840 g/mol. The Balaban J connectivity index is -0.0000000000632. The van der Waals surface area contributed by atoms with Gasteiger partial charge in [-0.05, 0) is 0 Å². The number of rotatable bonds is 1. The minimum atomic E-state index is 0. The molecule has 0 aliphatic carbocycles. The monoisotopic (exact) mass is 6850 g/mol.